The van der Waals surface area contributed by atoms with Crippen molar-refractivity contribution in [1.82, 2.24) is 20.2 Å². The monoisotopic (exact) mass is 613 g/mol. The first-order chi connectivity index (χ1) is 20.2. The molecule has 0 unspecified atom stereocenters. The van der Waals surface area contributed by atoms with Crippen molar-refractivity contribution in [2.75, 3.05) is 10.7 Å². The van der Waals surface area contributed by atoms with Gasteiger partial charge in [0.05, 0.1) is 47.4 Å². The van der Waals surface area contributed by atoms with Gasteiger partial charge in [0.1, 0.15) is 5.41 Å². The van der Waals surface area contributed by atoms with E-state index < -0.39 is 45.1 Å². The zero-order chi connectivity index (χ0) is 31.2. The molecule has 0 bridgehead atoms. The largest absolute Gasteiger partial charge is 0.573 e. The third-order valence-electron chi connectivity index (χ3n) is 6.47. The summed E-state index contributed by atoms with van der Waals surface area (Å²) in [6.45, 7) is 3.13. The van der Waals surface area contributed by atoms with Crippen LogP contribution >= 0.6 is 0 Å². The van der Waals surface area contributed by atoms with Gasteiger partial charge in [-0.15, -0.1) is 23.4 Å². The highest BCUT2D eigenvalue weighted by atomic mass is 32.2. The maximum Gasteiger partial charge on any atom is 0.573 e. The first kappa shape index (κ1) is 29.6. The van der Waals surface area contributed by atoms with Crippen molar-refractivity contribution in [3.05, 3.63) is 66.3 Å². The summed E-state index contributed by atoms with van der Waals surface area (Å²) >= 11 is 0. The van der Waals surface area contributed by atoms with E-state index >= 15 is 0 Å². The number of benzene rings is 2. The molecule has 1 atom stereocenters. The average molecular weight is 614 g/mol. The Hall–Kier alpha value is -4.88. The molecule has 0 spiro atoms. The van der Waals surface area contributed by atoms with Crippen LogP contribution in [0, 0.1) is 11.3 Å². The van der Waals surface area contributed by atoms with Crippen molar-refractivity contribution in [2.24, 2.45) is 5.73 Å². The van der Waals surface area contributed by atoms with E-state index in [-0.39, 0.29) is 34.7 Å². The number of anilines is 1. The second kappa shape index (κ2) is 10.7. The number of hydrogen-bond donors (Lipinski definition) is 1. The summed E-state index contributed by atoms with van der Waals surface area (Å²) in [4.78, 5) is 22.3. The molecule has 5 rings (SSSR count). The number of nitrogens with two attached hydrogens (primary N) is 1. The van der Waals surface area contributed by atoms with Gasteiger partial charge in [0.25, 0.3) is 0 Å². The van der Waals surface area contributed by atoms with Crippen LogP contribution < -0.4 is 15.4 Å². The molecule has 3 heterocycles. The lowest BCUT2D eigenvalue weighted by atomic mass is 9.96. The summed E-state index contributed by atoms with van der Waals surface area (Å²) in [6, 6.07) is 11.4. The highest BCUT2D eigenvalue weighted by Crippen LogP contribution is 2.36. The van der Waals surface area contributed by atoms with Gasteiger partial charge in [-0.1, -0.05) is 24.3 Å². The molecule has 0 saturated carbocycles. The number of rotatable bonds is 6. The number of fused-ring (bicyclic) bond motifs is 1. The molecule has 2 aromatic carbocycles. The van der Waals surface area contributed by atoms with E-state index in [9.17, 15) is 31.6 Å². The van der Waals surface area contributed by atoms with Gasteiger partial charge in [-0.3, -0.25) is 4.79 Å². The summed E-state index contributed by atoms with van der Waals surface area (Å²) in [7, 11) is -3.96. The fraction of sp³-hybridized carbons (Fsp3) is 0.259. The molecular weight excluding hydrogens is 591 g/mol. The van der Waals surface area contributed by atoms with Crippen molar-refractivity contribution in [3.63, 3.8) is 0 Å². The zero-order valence-electron chi connectivity index (χ0n) is 22.5. The number of carbonyl (C=O) groups is 1. The number of hydrogen-bond acceptors (Lipinski definition) is 11. The highest BCUT2D eigenvalue weighted by Gasteiger charge is 2.37. The van der Waals surface area contributed by atoms with Gasteiger partial charge in [0, 0.05) is 11.1 Å². The number of nitriles is 1. The highest BCUT2D eigenvalue weighted by molar-refractivity contribution is 7.91. The molecule has 0 radical (unpaired) electrons. The third kappa shape index (κ3) is 6.17. The maximum atomic E-state index is 13.4. The van der Waals surface area contributed by atoms with Crippen molar-refractivity contribution in [3.8, 4) is 34.7 Å². The van der Waals surface area contributed by atoms with Crippen LogP contribution in [0.4, 0.5) is 18.9 Å². The lowest BCUT2D eigenvalue weighted by Gasteiger charge is -2.24. The Balaban J connectivity index is 1.47. The van der Waals surface area contributed by atoms with Crippen LogP contribution in [0.25, 0.3) is 22.8 Å². The molecule has 0 aliphatic carbocycles. The fourth-order valence-electron chi connectivity index (χ4n) is 4.24. The summed E-state index contributed by atoms with van der Waals surface area (Å²) in [5.74, 6) is -1.58. The lowest BCUT2D eigenvalue weighted by molar-refractivity contribution is -0.274. The summed E-state index contributed by atoms with van der Waals surface area (Å²) < 4.78 is 73.0. The molecule has 222 valence electrons. The Morgan fingerprint density at radius 3 is 2.37 bits per heavy atom. The van der Waals surface area contributed by atoms with Gasteiger partial charge in [-0.05, 0) is 37.6 Å². The molecule has 2 aromatic heterocycles. The van der Waals surface area contributed by atoms with E-state index in [4.69, 9.17) is 10.2 Å². The minimum absolute atomic E-state index is 0.0236. The van der Waals surface area contributed by atoms with Gasteiger partial charge in [-0.2, -0.15) is 5.26 Å². The standard InChI is InChI=1S/C27H22F3N7O5S/c1-26(2,14-31)25-36-35-23(41-25)17-7-8-21-20(9-17)37(24(38)19(32)13-43(21,39)40)12-15-3-5-16(6-4-15)22-33-10-18(11-34-22)42-27(28,29)30/h3-11,19H,12-13,32H2,1-2H3/t19-/m0/s1. The van der Waals surface area contributed by atoms with Crippen LogP contribution in [0.1, 0.15) is 25.3 Å². The number of sulfone groups is 1. The quantitative estimate of drug-likeness (QED) is 0.336. The molecule has 16 heteroatoms. The number of carbonyl (C=O) groups excluding carboxylic acids is 1. The van der Waals surface area contributed by atoms with Gasteiger partial charge in [-0.25, -0.2) is 18.4 Å². The van der Waals surface area contributed by atoms with Crippen molar-refractivity contribution >= 4 is 21.4 Å². The first-order valence-corrected chi connectivity index (χ1v) is 14.2. The first-order valence-electron chi connectivity index (χ1n) is 12.5. The number of amides is 1. The van der Waals surface area contributed by atoms with Gasteiger partial charge < -0.3 is 19.8 Å². The molecule has 12 nitrogen and oxygen atoms in total. The topological polar surface area (TPSA) is 178 Å². The van der Waals surface area contributed by atoms with E-state index in [0.29, 0.717) is 16.7 Å². The maximum absolute atomic E-state index is 13.4. The second-order valence-corrected chi connectivity index (χ2v) is 12.1. The van der Waals surface area contributed by atoms with Crippen LogP contribution in [0.3, 0.4) is 0 Å². The van der Waals surface area contributed by atoms with Crippen molar-refractivity contribution in [1.29, 1.82) is 5.26 Å². The Morgan fingerprint density at radius 2 is 1.74 bits per heavy atom. The van der Waals surface area contributed by atoms with Crippen LogP contribution in [0.5, 0.6) is 5.75 Å². The minimum atomic E-state index is -4.87. The number of ether oxygens (including phenoxy) is 1. The smallest absolute Gasteiger partial charge is 0.419 e. The summed E-state index contributed by atoms with van der Waals surface area (Å²) in [6.07, 6.45) is -3.09. The predicted octanol–water partition coefficient (Wildman–Crippen LogP) is 3.54. The zero-order valence-corrected chi connectivity index (χ0v) is 23.3. The molecule has 1 amide bonds. The van der Waals surface area contributed by atoms with Gasteiger partial charge >= 0.3 is 6.36 Å². The number of nitrogens with zero attached hydrogens (tertiary/aromatic N) is 6. The summed E-state index contributed by atoms with van der Waals surface area (Å²) in [5.41, 5.74) is 6.37. The van der Waals surface area contributed by atoms with Gasteiger partial charge in [0.2, 0.25) is 17.7 Å². The molecule has 0 fully saturated rings. The third-order valence-corrected chi connectivity index (χ3v) is 8.28. The lowest BCUT2D eigenvalue weighted by Crippen LogP contribution is -2.45. The van der Waals surface area contributed by atoms with E-state index in [1.165, 1.54) is 23.1 Å². The minimum Gasteiger partial charge on any atom is -0.419 e. The van der Waals surface area contributed by atoms with Crippen LogP contribution in [0.15, 0.2) is 64.2 Å². The molecule has 0 saturated heterocycles. The molecule has 1 aliphatic rings. The molecular formula is C27H22F3N7O5S. The Kier molecular flexibility index (Phi) is 7.40. The predicted molar refractivity (Wildman–Crippen MR) is 144 cm³/mol. The number of aromatic nitrogens is 4. The van der Waals surface area contributed by atoms with Crippen LogP contribution in [-0.2, 0) is 26.6 Å². The normalized spacial score (nSPS) is 16.7. The molecule has 1 aliphatic heterocycles. The fourth-order valence-corrected chi connectivity index (χ4v) is 5.80. The summed E-state index contributed by atoms with van der Waals surface area (Å²) in [5, 5.41) is 17.3. The molecule has 43 heavy (non-hydrogen) atoms. The van der Waals surface area contributed by atoms with E-state index in [1.54, 1.807) is 38.1 Å². The number of halogens is 3. The number of alkyl halides is 3. The molecule has 2 N–H and O–H groups in total. The second-order valence-electron chi connectivity index (χ2n) is 10.1. The van der Waals surface area contributed by atoms with Crippen molar-refractivity contribution < 1.29 is 35.5 Å². The Morgan fingerprint density at radius 1 is 1.09 bits per heavy atom. The van der Waals surface area contributed by atoms with Crippen LogP contribution in [0.2, 0.25) is 0 Å². The van der Waals surface area contributed by atoms with Crippen LogP contribution in [-0.4, -0.2) is 52.6 Å². The Labute approximate surface area is 242 Å². The Bertz CT molecular complexity index is 1830. The average Bonchev–Trinajstić information content (AvgIpc) is 3.44. The molecule has 4 aromatic rings. The van der Waals surface area contributed by atoms with E-state index in [1.807, 2.05) is 0 Å². The van der Waals surface area contributed by atoms with Crippen molar-refractivity contribution in [2.45, 2.75) is 43.1 Å². The van der Waals surface area contributed by atoms with E-state index in [0.717, 1.165) is 12.4 Å². The van der Waals surface area contributed by atoms with Gasteiger partial charge in [0.15, 0.2) is 21.4 Å². The van der Waals surface area contributed by atoms with E-state index in [2.05, 4.69) is 31.0 Å². The SMILES string of the molecule is CC(C)(C#N)c1nnc(-c2ccc3c(c2)N(Cc2ccc(-c4ncc(OC(F)(F)F)cn4)cc2)C(=O)[C@@H](N)CS3(=O)=O)o1.